The van der Waals surface area contributed by atoms with Gasteiger partial charge in [-0.2, -0.15) is 0 Å². The minimum Gasteiger partial charge on any atom is -0.481 e. The van der Waals surface area contributed by atoms with E-state index in [1.807, 2.05) is 41.5 Å². The lowest BCUT2D eigenvalue weighted by atomic mass is 9.77. The quantitative estimate of drug-likeness (QED) is 0.542. The lowest BCUT2D eigenvalue weighted by Gasteiger charge is -2.39. The number of carboxylic acid groups (broad SMARTS) is 1. The average molecular weight is 320 g/mol. The molecule has 0 aromatic heterocycles. The van der Waals surface area contributed by atoms with Gasteiger partial charge in [0, 0.05) is 5.41 Å². The molecule has 0 spiro atoms. The van der Waals surface area contributed by atoms with Crippen LogP contribution in [0.5, 0.6) is 0 Å². The van der Waals surface area contributed by atoms with Crippen molar-refractivity contribution in [2.24, 2.45) is 5.41 Å². The zero-order chi connectivity index (χ0) is 17.8. The molecule has 132 valence electrons. The first-order chi connectivity index (χ1) is 9.67. The fraction of sp³-hybridized carbons (Fsp3) is 0.938. The van der Waals surface area contributed by atoms with Gasteiger partial charge in [0.1, 0.15) is 0 Å². The first-order valence-electron chi connectivity index (χ1n) is 7.58. The Kier molecular flexibility index (Phi) is 7.48. The molecule has 2 atom stereocenters. The molecule has 0 heterocycles. The molecule has 0 rings (SSSR count). The normalized spacial score (nSPS) is 18.6. The Morgan fingerprint density at radius 3 is 1.41 bits per heavy atom. The van der Waals surface area contributed by atoms with E-state index in [0.29, 0.717) is 0 Å². The number of hydrogen-bond donors (Lipinski definition) is 1. The molecular formula is C16H32O6. The molecule has 0 aliphatic rings. The van der Waals surface area contributed by atoms with Crippen LogP contribution in [0.3, 0.4) is 0 Å². The van der Waals surface area contributed by atoms with Crippen molar-refractivity contribution in [1.29, 1.82) is 0 Å². The fourth-order valence-electron chi connectivity index (χ4n) is 1.60. The van der Waals surface area contributed by atoms with Crippen LogP contribution in [0.15, 0.2) is 0 Å². The van der Waals surface area contributed by atoms with Crippen LogP contribution >= 0.6 is 0 Å². The van der Waals surface area contributed by atoms with Crippen molar-refractivity contribution in [2.75, 3.05) is 0 Å². The standard InChI is InChI=1S/C16H32O6/c1-11(19-21-14(3,4)5)16(9,10-13(17)18)12(2)20-22-15(6,7)8/h11-12H,10H2,1-9H3,(H,17,18). The molecule has 0 aromatic rings. The van der Waals surface area contributed by atoms with Crippen molar-refractivity contribution < 1.29 is 29.5 Å². The molecule has 0 amide bonds. The van der Waals surface area contributed by atoms with Crippen molar-refractivity contribution in [2.45, 2.75) is 92.1 Å². The van der Waals surface area contributed by atoms with E-state index in [2.05, 4.69) is 0 Å². The predicted octanol–water partition coefficient (Wildman–Crippen LogP) is 3.74. The van der Waals surface area contributed by atoms with Gasteiger partial charge in [-0.05, 0) is 55.4 Å². The van der Waals surface area contributed by atoms with Gasteiger partial charge in [0.15, 0.2) is 0 Å². The van der Waals surface area contributed by atoms with Gasteiger partial charge >= 0.3 is 5.97 Å². The van der Waals surface area contributed by atoms with Crippen molar-refractivity contribution in [3.8, 4) is 0 Å². The van der Waals surface area contributed by atoms with Crippen LogP contribution in [-0.4, -0.2) is 34.5 Å². The van der Waals surface area contributed by atoms with Gasteiger partial charge in [0.2, 0.25) is 0 Å². The van der Waals surface area contributed by atoms with Crippen LogP contribution in [0, 0.1) is 5.41 Å². The second-order valence-electron chi connectivity index (χ2n) is 7.94. The number of carbonyl (C=O) groups is 1. The minimum absolute atomic E-state index is 0.129. The Labute approximate surface area is 133 Å². The number of rotatable bonds is 8. The summed E-state index contributed by atoms with van der Waals surface area (Å²) in [5, 5.41) is 9.21. The number of aliphatic carboxylic acids is 1. The highest BCUT2D eigenvalue weighted by molar-refractivity contribution is 5.67. The van der Waals surface area contributed by atoms with E-state index in [1.54, 1.807) is 20.8 Å². The molecule has 0 aromatic carbocycles. The topological polar surface area (TPSA) is 74.2 Å². The Morgan fingerprint density at radius 1 is 0.864 bits per heavy atom. The van der Waals surface area contributed by atoms with Gasteiger partial charge in [-0.3, -0.25) is 4.79 Å². The zero-order valence-corrected chi connectivity index (χ0v) is 15.4. The van der Waals surface area contributed by atoms with E-state index in [4.69, 9.17) is 19.6 Å². The average Bonchev–Trinajstić information content (AvgIpc) is 2.29. The second-order valence-corrected chi connectivity index (χ2v) is 7.94. The van der Waals surface area contributed by atoms with E-state index in [9.17, 15) is 9.90 Å². The summed E-state index contributed by atoms with van der Waals surface area (Å²) in [6, 6.07) is 0. The van der Waals surface area contributed by atoms with E-state index < -0.39 is 34.8 Å². The molecule has 0 bridgehead atoms. The highest BCUT2D eigenvalue weighted by Gasteiger charge is 2.43. The summed E-state index contributed by atoms with van der Waals surface area (Å²) in [5.74, 6) is -0.931. The van der Waals surface area contributed by atoms with E-state index in [-0.39, 0.29) is 6.42 Å². The third-order valence-corrected chi connectivity index (χ3v) is 3.27. The third kappa shape index (κ3) is 8.08. The summed E-state index contributed by atoms with van der Waals surface area (Å²) in [5.41, 5.74) is -1.78. The highest BCUT2D eigenvalue weighted by atomic mass is 17.2. The van der Waals surface area contributed by atoms with Crippen LogP contribution in [0.25, 0.3) is 0 Å². The van der Waals surface area contributed by atoms with Gasteiger partial charge in [0.05, 0.1) is 29.8 Å². The van der Waals surface area contributed by atoms with Gasteiger partial charge in [0.25, 0.3) is 0 Å². The molecule has 2 unspecified atom stereocenters. The van der Waals surface area contributed by atoms with Crippen LogP contribution < -0.4 is 0 Å². The van der Waals surface area contributed by atoms with Crippen LogP contribution in [0.1, 0.15) is 68.7 Å². The maximum absolute atomic E-state index is 11.2. The van der Waals surface area contributed by atoms with Crippen LogP contribution in [-0.2, 0) is 24.3 Å². The van der Waals surface area contributed by atoms with Crippen molar-refractivity contribution in [1.82, 2.24) is 0 Å². The van der Waals surface area contributed by atoms with Gasteiger partial charge in [-0.25, -0.2) is 19.6 Å². The molecule has 0 saturated heterocycles. The largest absolute Gasteiger partial charge is 0.481 e. The maximum atomic E-state index is 11.2. The van der Waals surface area contributed by atoms with Crippen molar-refractivity contribution in [3.05, 3.63) is 0 Å². The Morgan fingerprint density at radius 2 is 1.18 bits per heavy atom. The number of carboxylic acids is 1. The predicted molar refractivity (Wildman–Crippen MR) is 83.1 cm³/mol. The SMILES string of the molecule is CC(OOC(C)(C)C)C(C)(CC(=O)O)C(C)OOC(C)(C)C. The molecule has 0 saturated carbocycles. The molecule has 0 radical (unpaired) electrons. The highest BCUT2D eigenvalue weighted by Crippen LogP contribution is 2.35. The van der Waals surface area contributed by atoms with E-state index in [1.165, 1.54) is 0 Å². The van der Waals surface area contributed by atoms with Gasteiger partial charge < -0.3 is 5.11 Å². The summed E-state index contributed by atoms with van der Waals surface area (Å²) < 4.78 is 0. The van der Waals surface area contributed by atoms with Gasteiger partial charge in [-0.15, -0.1) is 0 Å². The second kappa shape index (κ2) is 7.73. The van der Waals surface area contributed by atoms with Crippen molar-refractivity contribution in [3.63, 3.8) is 0 Å². The molecule has 0 fully saturated rings. The van der Waals surface area contributed by atoms with Gasteiger partial charge in [-0.1, -0.05) is 6.92 Å². The summed E-state index contributed by atoms with van der Waals surface area (Å²) in [6.45, 7) is 16.5. The molecule has 22 heavy (non-hydrogen) atoms. The Bertz CT molecular complexity index is 329. The molecule has 0 aliphatic heterocycles. The third-order valence-electron chi connectivity index (χ3n) is 3.27. The Balaban J connectivity index is 5.00. The van der Waals surface area contributed by atoms with Crippen LogP contribution in [0.4, 0.5) is 0 Å². The maximum Gasteiger partial charge on any atom is 0.304 e. The van der Waals surface area contributed by atoms with Crippen LogP contribution in [0.2, 0.25) is 0 Å². The zero-order valence-electron chi connectivity index (χ0n) is 15.4. The van der Waals surface area contributed by atoms with Crippen molar-refractivity contribution >= 4 is 5.97 Å². The molecule has 6 heteroatoms. The molecule has 1 N–H and O–H groups in total. The first kappa shape index (κ1) is 21.3. The van der Waals surface area contributed by atoms with E-state index >= 15 is 0 Å². The fourth-order valence-corrected chi connectivity index (χ4v) is 1.60. The van der Waals surface area contributed by atoms with E-state index in [0.717, 1.165) is 0 Å². The summed E-state index contributed by atoms with van der Waals surface area (Å²) >= 11 is 0. The molecular weight excluding hydrogens is 288 g/mol. The number of hydrogen-bond acceptors (Lipinski definition) is 5. The first-order valence-corrected chi connectivity index (χ1v) is 7.58. The Hall–Kier alpha value is -0.690. The minimum atomic E-state index is -0.931. The lowest BCUT2D eigenvalue weighted by Crippen LogP contribution is -2.46. The molecule has 0 aliphatic carbocycles. The summed E-state index contributed by atoms with van der Waals surface area (Å²) in [4.78, 5) is 32.7. The molecule has 6 nitrogen and oxygen atoms in total. The summed E-state index contributed by atoms with van der Waals surface area (Å²) in [6.07, 6.45) is -1.13. The summed E-state index contributed by atoms with van der Waals surface area (Å²) in [7, 11) is 0. The monoisotopic (exact) mass is 320 g/mol. The lowest BCUT2D eigenvalue weighted by molar-refractivity contribution is -0.418. The smallest absolute Gasteiger partial charge is 0.304 e.